The van der Waals surface area contributed by atoms with E-state index in [9.17, 15) is 0 Å². The van der Waals surface area contributed by atoms with E-state index in [2.05, 4.69) is 23.8 Å². The van der Waals surface area contributed by atoms with Gasteiger partial charge in [-0.25, -0.2) is 0 Å². The van der Waals surface area contributed by atoms with Gasteiger partial charge in [0.2, 0.25) is 0 Å². The van der Waals surface area contributed by atoms with Gasteiger partial charge in [-0.3, -0.25) is 0 Å². The first-order valence-electron chi connectivity index (χ1n) is 3.19. The van der Waals surface area contributed by atoms with Gasteiger partial charge < -0.3 is 10.6 Å². The first-order chi connectivity index (χ1) is 4.70. The van der Waals surface area contributed by atoms with Gasteiger partial charge in [0, 0.05) is 18.8 Å². The second kappa shape index (κ2) is 5.80. The van der Waals surface area contributed by atoms with Gasteiger partial charge in [-0.15, -0.1) is 0 Å². The molecule has 0 saturated heterocycles. The van der Waals surface area contributed by atoms with Crippen LogP contribution in [0.4, 0.5) is 0 Å². The molecule has 0 aromatic carbocycles. The zero-order valence-corrected chi connectivity index (χ0v) is 8.23. The minimum atomic E-state index is 0.617. The predicted octanol–water partition coefficient (Wildman–Crippen LogP) is 0.832. The normalized spacial score (nSPS) is 12.3. The Morgan fingerprint density at radius 1 is 1.70 bits per heavy atom. The highest BCUT2D eigenvalue weighted by Gasteiger charge is 1.97. The molecule has 0 spiro atoms. The average molecular weight is 178 g/mol. The summed E-state index contributed by atoms with van der Waals surface area (Å²) in [5, 5.41) is 7.28. The second-order valence-corrected chi connectivity index (χ2v) is 3.69. The van der Waals surface area contributed by atoms with Crippen LogP contribution in [-0.2, 0) is 0 Å². The Balaban J connectivity index is 3.26. The molecular weight excluding hydrogens is 164 g/mol. The zero-order chi connectivity index (χ0) is 7.98. The summed E-state index contributed by atoms with van der Waals surface area (Å²) < 4.78 is 0. The molecule has 0 aromatic heterocycles. The molecule has 0 amide bonds. The molecule has 1 atom stereocenters. The molecule has 60 valence electrons. The summed E-state index contributed by atoms with van der Waals surface area (Å²) in [5.74, 6) is 0. The number of hydrogen-bond donors (Lipinski definition) is 2. The van der Waals surface area contributed by atoms with E-state index >= 15 is 0 Å². The fourth-order valence-electron chi connectivity index (χ4n) is 0.408. The molecule has 0 aliphatic rings. The van der Waals surface area contributed by atoms with Crippen molar-refractivity contribution in [3.05, 3.63) is 0 Å². The fourth-order valence-corrected chi connectivity index (χ4v) is 0.741. The summed E-state index contributed by atoms with van der Waals surface area (Å²) in [4.78, 5) is 0. The van der Waals surface area contributed by atoms with Gasteiger partial charge in [0.25, 0.3) is 0 Å². The van der Waals surface area contributed by atoms with E-state index in [1.807, 2.05) is 18.8 Å². The number of hydrogen-bond acceptors (Lipinski definition) is 2. The van der Waals surface area contributed by atoms with E-state index in [0.717, 1.165) is 11.7 Å². The van der Waals surface area contributed by atoms with E-state index in [-0.39, 0.29) is 0 Å². The third-order valence-corrected chi connectivity index (χ3v) is 2.50. The second-order valence-electron chi connectivity index (χ2n) is 2.01. The van der Waals surface area contributed by atoms with Gasteiger partial charge in [0.05, 0.1) is 0 Å². The van der Waals surface area contributed by atoms with Crippen molar-refractivity contribution in [1.82, 2.24) is 10.6 Å². The van der Waals surface area contributed by atoms with Crippen LogP contribution in [0.5, 0.6) is 0 Å². The van der Waals surface area contributed by atoms with E-state index in [0.29, 0.717) is 5.25 Å². The maximum Gasteiger partial charge on any atom is 0.166 e. The summed E-state index contributed by atoms with van der Waals surface area (Å²) in [6.45, 7) is 3.09. The van der Waals surface area contributed by atoms with Crippen molar-refractivity contribution in [3.8, 4) is 0 Å². The SMILES string of the molecule is CNC(=S)NCC(C)SC. The molecule has 0 aromatic rings. The van der Waals surface area contributed by atoms with Crippen molar-refractivity contribution in [2.45, 2.75) is 12.2 Å². The predicted molar refractivity (Wildman–Crippen MR) is 52.6 cm³/mol. The average Bonchev–Trinajstić information content (AvgIpc) is 1.99. The Morgan fingerprint density at radius 3 is 2.70 bits per heavy atom. The van der Waals surface area contributed by atoms with Gasteiger partial charge in [0.1, 0.15) is 0 Å². The summed E-state index contributed by atoms with van der Waals surface area (Å²) in [7, 11) is 1.82. The van der Waals surface area contributed by atoms with Crippen LogP contribution in [0.2, 0.25) is 0 Å². The fraction of sp³-hybridized carbons (Fsp3) is 0.833. The van der Waals surface area contributed by atoms with Crippen molar-refractivity contribution in [1.29, 1.82) is 0 Å². The molecule has 2 N–H and O–H groups in total. The maximum atomic E-state index is 4.89. The van der Waals surface area contributed by atoms with Crippen LogP contribution in [0.1, 0.15) is 6.92 Å². The first-order valence-corrected chi connectivity index (χ1v) is 4.88. The zero-order valence-electron chi connectivity index (χ0n) is 6.60. The Bertz CT molecular complexity index is 106. The maximum absolute atomic E-state index is 4.89. The van der Waals surface area contributed by atoms with E-state index in [1.165, 1.54) is 0 Å². The summed E-state index contributed by atoms with van der Waals surface area (Å²) in [5.41, 5.74) is 0. The van der Waals surface area contributed by atoms with Crippen LogP contribution in [0.3, 0.4) is 0 Å². The van der Waals surface area contributed by atoms with Crippen LogP contribution in [0, 0.1) is 0 Å². The van der Waals surface area contributed by atoms with Crippen LogP contribution in [0.25, 0.3) is 0 Å². The highest BCUT2D eigenvalue weighted by Crippen LogP contribution is 2.01. The molecule has 0 fully saturated rings. The lowest BCUT2D eigenvalue weighted by Crippen LogP contribution is -2.35. The lowest BCUT2D eigenvalue weighted by atomic mass is 10.5. The van der Waals surface area contributed by atoms with Crippen LogP contribution in [-0.4, -0.2) is 30.2 Å². The molecular formula is C6H14N2S2. The van der Waals surface area contributed by atoms with Gasteiger partial charge in [-0.2, -0.15) is 11.8 Å². The van der Waals surface area contributed by atoms with E-state index < -0.39 is 0 Å². The largest absolute Gasteiger partial charge is 0.366 e. The highest BCUT2D eigenvalue weighted by atomic mass is 32.2. The van der Waals surface area contributed by atoms with Crippen molar-refractivity contribution in [2.24, 2.45) is 0 Å². The monoisotopic (exact) mass is 178 g/mol. The molecule has 0 saturated carbocycles. The minimum Gasteiger partial charge on any atom is -0.366 e. The summed E-state index contributed by atoms with van der Waals surface area (Å²) in [6.07, 6.45) is 2.09. The van der Waals surface area contributed by atoms with Crippen LogP contribution in [0.15, 0.2) is 0 Å². The van der Waals surface area contributed by atoms with E-state index in [1.54, 1.807) is 0 Å². The van der Waals surface area contributed by atoms with Gasteiger partial charge in [-0.1, -0.05) is 6.92 Å². The quantitative estimate of drug-likeness (QED) is 0.625. The third kappa shape index (κ3) is 4.88. The Hall–Kier alpha value is 0.0400. The number of thioether (sulfide) groups is 1. The first kappa shape index (κ1) is 10.0. The topological polar surface area (TPSA) is 24.1 Å². The lowest BCUT2D eigenvalue weighted by molar-refractivity contribution is 0.844. The smallest absolute Gasteiger partial charge is 0.166 e. The molecule has 0 radical (unpaired) electrons. The van der Waals surface area contributed by atoms with Crippen molar-refractivity contribution >= 4 is 29.1 Å². The lowest BCUT2D eigenvalue weighted by Gasteiger charge is -2.10. The minimum absolute atomic E-state index is 0.617. The Kier molecular flexibility index (Phi) is 5.82. The van der Waals surface area contributed by atoms with Crippen molar-refractivity contribution < 1.29 is 0 Å². The molecule has 0 rings (SSSR count). The summed E-state index contributed by atoms with van der Waals surface area (Å²) in [6, 6.07) is 0. The molecule has 2 nitrogen and oxygen atoms in total. The van der Waals surface area contributed by atoms with Crippen LogP contribution >= 0.6 is 24.0 Å². The molecule has 10 heavy (non-hydrogen) atoms. The van der Waals surface area contributed by atoms with Crippen molar-refractivity contribution in [2.75, 3.05) is 19.8 Å². The van der Waals surface area contributed by atoms with E-state index in [4.69, 9.17) is 12.2 Å². The number of nitrogens with one attached hydrogen (secondary N) is 2. The molecule has 0 heterocycles. The van der Waals surface area contributed by atoms with Gasteiger partial charge in [-0.05, 0) is 18.5 Å². The molecule has 1 unspecified atom stereocenters. The van der Waals surface area contributed by atoms with Crippen LogP contribution < -0.4 is 10.6 Å². The standard InChI is InChI=1S/C6H14N2S2/c1-5(10-3)4-8-6(9)7-2/h5H,4H2,1-3H3,(H2,7,8,9). The molecule has 0 bridgehead atoms. The molecule has 0 aliphatic heterocycles. The summed E-state index contributed by atoms with van der Waals surface area (Å²) >= 11 is 6.72. The molecule has 0 aliphatic carbocycles. The van der Waals surface area contributed by atoms with Crippen molar-refractivity contribution in [3.63, 3.8) is 0 Å². The number of thiocarbonyl (C=S) groups is 1. The van der Waals surface area contributed by atoms with Gasteiger partial charge in [0.15, 0.2) is 5.11 Å². The Labute approximate surface area is 72.1 Å². The third-order valence-electron chi connectivity index (χ3n) is 1.18. The highest BCUT2D eigenvalue weighted by molar-refractivity contribution is 7.99. The molecule has 4 heteroatoms. The van der Waals surface area contributed by atoms with Gasteiger partial charge >= 0.3 is 0 Å². The number of rotatable bonds is 3. The Morgan fingerprint density at radius 2 is 2.30 bits per heavy atom.